The van der Waals surface area contributed by atoms with Crippen molar-refractivity contribution >= 4 is 16.9 Å². The molecule has 3 nitrogen and oxygen atoms in total. The second-order valence-corrected chi connectivity index (χ2v) is 5.25. The lowest BCUT2D eigenvalue weighted by Gasteiger charge is -2.09. The SMILES string of the molecule is CCCc1c(C)n(CC)c2c(CC)cc(C(=O)O)cc12. The number of aromatic carboxylic acids is 1. The fraction of sp³-hybridized carbons (Fsp3) is 0.471. The van der Waals surface area contributed by atoms with Crippen molar-refractivity contribution in [2.24, 2.45) is 0 Å². The molecule has 0 atom stereocenters. The molecule has 0 amide bonds. The van der Waals surface area contributed by atoms with E-state index in [2.05, 4.69) is 32.3 Å². The van der Waals surface area contributed by atoms with E-state index in [-0.39, 0.29) is 0 Å². The number of hydrogen-bond donors (Lipinski definition) is 1. The van der Waals surface area contributed by atoms with Gasteiger partial charge < -0.3 is 9.67 Å². The van der Waals surface area contributed by atoms with Crippen LogP contribution >= 0.6 is 0 Å². The minimum absolute atomic E-state index is 0.403. The Hall–Kier alpha value is -1.77. The van der Waals surface area contributed by atoms with Crippen molar-refractivity contribution in [3.8, 4) is 0 Å². The van der Waals surface area contributed by atoms with Gasteiger partial charge in [0.1, 0.15) is 0 Å². The molecule has 0 aliphatic rings. The number of nitrogens with zero attached hydrogens (tertiary/aromatic N) is 1. The Kier molecular flexibility index (Phi) is 4.17. The monoisotopic (exact) mass is 273 g/mol. The third-order valence-electron chi connectivity index (χ3n) is 4.07. The molecule has 1 aromatic heterocycles. The van der Waals surface area contributed by atoms with Crippen LogP contribution in [-0.2, 0) is 19.4 Å². The summed E-state index contributed by atoms with van der Waals surface area (Å²) in [7, 11) is 0. The highest BCUT2D eigenvalue weighted by Crippen LogP contribution is 2.31. The number of aromatic nitrogens is 1. The average molecular weight is 273 g/mol. The summed E-state index contributed by atoms with van der Waals surface area (Å²) in [6, 6.07) is 3.67. The molecule has 1 heterocycles. The molecule has 0 saturated carbocycles. The van der Waals surface area contributed by atoms with Gasteiger partial charge >= 0.3 is 5.97 Å². The van der Waals surface area contributed by atoms with Crippen molar-refractivity contribution in [1.82, 2.24) is 4.57 Å². The molecule has 1 aromatic carbocycles. The van der Waals surface area contributed by atoms with E-state index in [1.807, 2.05) is 12.1 Å². The number of carbonyl (C=O) groups is 1. The van der Waals surface area contributed by atoms with Crippen LogP contribution in [0.25, 0.3) is 10.9 Å². The van der Waals surface area contributed by atoms with Gasteiger partial charge in [0.15, 0.2) is 0 Å². The van der Waals surface area contributed by atoms with Crippen LogP contribution in [0.15, 0.2) is 12.1 Å². The lowest BCUT2D eigenvalue weighted by atomic mass is 10.00. The van der Waals surface area contributed by atoms with Gasteiger partial charge in [0, 0.05) is 17.6 Å². The lowest BCUT2D eigenvalue weighted by molar-refractivity contribution is 0.0697. The van der Waals surface area contributed by atoms with Gasteiger partial charge in [-0.05, 0) is 49.9 Å². The first-order chi connectivity index (χ1) is 9.54. The van der Waals surface area contributed by atoms with Crippen LogP contribution in [0.1, 0.15) is 54.4 Å². The number of rotatable bonds is 5. The maximum atomic E-state index is 11.3. The highest BCUT2D eigenvalue weighted by Gasteiger charge is 2.17. The third kappa shape index (κ3) is 2.21. The number of aryl methyl sites for hydroxylation is 3. The molecule has 0 unspecified atom stereocenters. The summed E-state index contributed by atoms with van der Waals surface area (Å²) in [6.45, 7) is 9.46. The number of carboxylic acids is 1. The van der Waals surface area contributed by atoms with Crippen molar-refractivity contribution in [3.63, 3.8) is 0 Å². The predicted molar refractivity (Wildman–Crippen MR) is 82.7 cm³/mol. The van der Waals surface area contributed by atoms with Crippen molar-refractivity contribution in [1.29, 1.82) is 0 Å². The first-order valence-electron chi connectivity index (χ1n) is 7.42. The van der Waals surface area contributed by atoms with Gasteiger partial charge in [0.2, 0.25) is 0 Å². The van der Waals surface area contributed by atoms with Gasteiger partial charge in [-0.2, -0.15) is 0 Å². The van der Waals surface area contributed by atoms with E-state index in [1.54, 1.807) is 0 Å². The second-order valence-electron chi connectivity index (χ2n) is 5.25. The summed E-state index contributed by atoms with van der Waals surface area (Å²) in [4.78, 5) is 11.3. The molecule has 20 heavy (non-hydrogen) atoms. The van der Waals surface area contributed by atoms with Crippen LogP contribution in [0, 0.1) is 6.92 Å². The molecule has 108 valence electrons. The van der Waals surface area contributed by atoms with Gasteiger partial charge in [0.25, 0.3) is 0 Å². The van der Waals surface area contributed by atoms with Crippen LogP contribution in [0.5, 0.6) is 0 Å². The predicted octanol–water partition coefficient (Wildman–Crippen LogP) is 4.18. The quantitative estimate of drug-likeness (QED) is 0.887. The first kappa shape index (κ1) is 14.6. The highest BCUT2D eigenvalue weighted by atomic mass is 16.4. The minimum Gasteiger partial charge on any atom is -0.478 e. The smallest absolute Gasteiger partial charge is 0.335 e. The van der Waals surface area contributed by atoms with Crippen molar-refractivity contribution in [2.45, 2.75) is 53.5 Å². The summed E-state index contributed by atoms with van der Waals surface area (Å²) < 4.78 is 2.32. The molecule has 0 bridgehead atoms. The van der Waals surface area contributed by atoms with Gasteiger partial charge in [-0.15, -0.1) is 0 Å². The van der Waals surface area contributed by atoms with Crippen molar-refractivity contribution < 1.29 is 9.90 Å². The van der Waals surface area contributed by atoms with Gasteiger partial charge in [-0.3, -0.25) is 0 Å². The van der Waals surface area contributed by atoms with E-state index >= 15 is 0 Å². The Labute approximate surface area is 120 Å². The topological polar surface area (TPSA) is 42.2 Å². The summed E-state index contributed by atoms with van der Waals surface area (Å²) in [5.41, 5.74) is 5.34. The van der Waals surface area contributed by atoms with Crippen LogP contribution in [-0.4, -0.2) is 15.6 Å². The van der Waals surface area contributed by atoms with E-state index in [4.69, 9.17) is 0 Å². The van der Waals surface area contributed by atoms with Crippen LogP contribution in [0.4, 0.5) is 0 Å². The van der Waals surface area contributed by atoms with Crippen LogP contribution < -0.4 is 0 Å². The van der Waals surface area contributed by atoms with E-state index in [0.717, 1.165) is 36.8 Å². The molecular weight excluding hydrogens is 250 g/mol. The molecule has 0 radical (unpaired) electrons. The van der Waals surface area contributed by atoms with Gasteiger partial charge in [-0.25, -0.2) is 4.79 Å². The summed E-state index contributed by atoms with van der Waals surface area (Å²) in [5, 5.41) is 10.4. The minimum atomic E-state index is -0.842. The molecule has 0 fully saturated rings. The van der Waals surface area contributed by atoms with E-state index < -0.39 is 5.97 Å². The van der Waals surface area contributed by atoms with Crippen molar-refractivity contribution in [2.75, 3.05) is 0 Å². The molecule has 0 aliphatic carbocycles. The molecule has 0 saturated heterocycles. The standard InChI is InChI=1S/C17H23NO2/c1-5-8-14-11(4)18(7-3)16-12(6-2)9-13(17(19)20)10-15(14)16/h9-10H,5-8H2,1-4H3,(H,19,20). The van der Waals surface area contributed by atoms with Gasteiger partial charge in [-0.1, -0.05) is 20.3 Å². The Morgan fingerprint density at radius 3 is 2.45 bits per heavy atom. The lowest BCUT2D eigenvalue weighted by Crippen LogP contribution is -2.01. The van der Waals surface area contributed by atoms with Gasteiger partial charge in [0.05, 0.1) is 11.1 Å². The van der Waals surface area contributed by atoms with E-state index in [1.165, 1.54) is 16.8 Å². The fourth-order valence-corrected chi connectivity index (χ4v) is 3.12. The normalized spacial score (nSPS) is 11.2. The largest absolute Gasteiger partial charge is 0.478 e. The molecular formula is C17H23NO2. The van der Waals surface area contributed by atoms with Crippen LogP contribution in [0.3, 0.4) is 0 Å². The highest BCUT2D eigenvalue weighted by molar-refractivity contribution is 5.97. The zero-order valence-corrected chi connectivity index (χ0v) is 12.8. The zero-order chi connectivity index (χ0) is 14.9. The summed E-state index contributed by atoms with van der Waals surface area (Å²) >= 11 is 0. The number of benzene rings is 1. The maximum Gasteiger partial charge on any atom is 0.335 e. The Bertz CT molecular complexity index is 653. The second kappa shape index (κ2) is 5.70. The molecule has 1 N–H and O–H groups in total. The third-order valence-corrected chi connectivity index (χ3v) is 4.07. The van der Waals surface area contributed by atoms with Crippen LogP contribution in [0.2, 0.25) is 0 Å². The molecule has 2 aromatic rings. The summed E-state index contributed by atoms with van der Waals surface area (Å²) in [5.74, 6) is -0.842. The first-order valence-corrected chi connectivity index (χ1v) is 7.42. The molecule has 0 aliphatic heterocycles. The Morgan fingerprint density at radius 1 is 1.25 bits per heavy atom. The summed E-state index contributed by atoms with van der Waals surface area (Å²) in [6.07, 6.45) is 2.93. The zero-order valence-electron chi connectivity index (χ0n) is 12.8. The molecule has 2 rings (SSSR count). The van der Waals surface area contributed by atoms with E-state index in [0.29, 0.717) is 5.56 Å². The van der Waals surface area contributed by atoms with Crippen molar-refractivity contribution in [3.05, 3.63) is 34.5 Å². The molecule has 0 spiro atoms. The maximum absolute atomic E-state index is 11.3. The Balaban J connectivity index is 2.88. The van der Waals surface area contributed by atoms with E-state index in [9.17, 15) is 9.90 Å². The molecule has 3 heteroatoms. The number of hydrogen-bond acceptors (Lipinski definition) is 1. The fourth-order valence-electron chi connectivity index (χ4n) is 3.12. The number of carboxylic acid groups (broad SMARTS) is 1. The average Bonchev–Trinajstić information content (AvgIpc) is 2.70. The number of fused-ring (bicyclic) bond motifs is 1. The Morgan fingerprint density at radius 2 is 1.95 bits per heavy atom.